The molecule has 2 aromatic carbocycles. The third-order valence-corrected chi connectivity index (χ3v) is 5.90. The van der Waals surface area contributed by atoms with Crippen LogP contribution < -0.4 is 5.32 Å². The van der Waals surface area contributed by atoms with Gasteiger partial charge in [-0.3, -0.25) is 4.79 Å². The fourth-order valence-electron chi connectivity index (χ4n) is 4.40. The van der Waals surface area contributed by atoms with Gasteiger partial charge in [0.1, 0.15) is 5.69 Å². The summed E-state index contributed by atoms with van der Waals surface area (Å²) in [4.78, 5) is 25.6. The van der Waals surface area contributed by atoms with E-state index in [-0.39, 0.29) is 17.8 Å². The number of nitrogens with zero attached hydrogens (tertiary/aromatic N) is 1. The molecule has 0 radical (unpaired) electrons. The Kier molecular flexibility index (Phi) is 7.87. The molecule has 0 fully saturated rings. The molecule has 1 aromatic heterocycles. The van der Waals surface area contributed by atoms with Crippen LogP contribution in [-0.2, 0) is 11.3 Å². The maximum atomic E-state index is 13.1. The van der Waals surface area contributed by atoms with Gasteiger partial charge in [-0.05, 0) is 50.8 Å². The maximum Gasteiger partial charge on any atom is 0.355 e. The minimum Gasteiger partial charge on any atom is -0.461 e. The molecule has 0 aliphatic rings. The minimum absolute atomic E-state index is 0.155. The highest BCUT2D eigenvalue weighted by Gasteiger charge is 2.26. The monoisotopic (exact) mass is 432 g/mol. The molecule has 0 aliphatic carbocycles. The third-order valence-electron chi connectivity index (χ3n) is 5.90. The first-order valence-corrected chi connectivity index (χ1v) is 11.2. The first-order chi connectivity index (χ1) is 15.5. The van der Waals surface area contributed by atoms with E-state index in [9.17, 15) is 9.59 Å². The molecule has 0 atom stereocenters. The number of hydrogen-bond donors (Lipinski definition) is 1. The highest BCUT2D eigenvalue weighted by molar-refractivity contribution is 6.01. The number of benzene rings is 2. The first-order valence-electron chi connectivity index (χ1n) is 11.2. The fourth-order valence-corrected chi connectivity index (χ4v) is 4.40. The number of aromatic nitrogens is 1. The molecule has 3 aromatic rings. The Bertz CT molecular complexity index is 1020. The Balaban J connectivity index is 1.78. The third kappa shape index (κ3) is 4.93. The van der Waals surface area contributed by atoms with Crippen LogP contribution in [0.4, 0.5) is 0 Å². The SMILES string of the molecule is CCOC(=O)c1c(C)c(C(=O)NCCC(c2ccccc2)c2ccccc2)c(C)n1CC. The summed E-state index contributed by atoms with van der Waals surface area (Å²) in [6.07, 6.45) is 0.775. The minimum atomic E-state index is -0.387. The van der Waals surface area contributed by atoms with Crippen molar-refractivity contribution in [2.24, 2.45) is 0 Å². The van der Waals surface area contributed by atoms with Gasteiger partial charge in [-0.1, -0.05) is 60.7 Å². The summed E-state index contributed by atoms with van der Waals surface area (Å²) in [5.41, 5.74) is 4.93. The quantitative estimate of drug-likeness (QED) is 0.470. The number of hydrogen-bond acceptors (Lipinski definition) is 3. The van der Waals surface area contributed by atoms with E-state index in [1.54, 1.807) is 6.92 Å². The van der Waals surface area contributed by atoms with Crippen molar-refractivity contribution in [2.75, 3.05) is 13.2 Å². The molecule has 5 heteroatoms. The Labute approximate surface area is 190 Å². The van der Waals surface area contributed by atoms with Gasteiger partial charge >= 0.3 is 5.97 Å². The highest BCUT2D eigenvalue weighted by Crippen LogP contribution is 2.28. The lowest BCUT2D eigenvalue weighted by atomic mass is 9.88. The molecule has 0 bridgehead atoms. The summed E-state index contributed by atoms with van der Waals surface area (Å²) >= 11 is 0. The molecule has 0 spiro atoms. The van der Waals surface area contributed by atoms with E-state index < -0.39 is 0 Å². The Hall–Kier alpha value is -3.34. The molecule has 5 nitrogen and oxygen atoms in total. The van der Waals surface area contributed by atoms with Gasteiger partial charge in [-0.15, -0.1) is 0 Å². The number of esters is 1. The van der Waals surface area contributed by atoms with E-state index >= 15 is 0 Å². The smallest absolute Gasteiger partial charge is 0.355 e. The topological polar surface area (TPSA) is 60.3 Å². The lowest BCUT2D eigenvalue weighted by Gasteiger charge is -2.18. The molecule has 32 heavy (non-hydrogen) atoms. The van der Waals surface area contributed by atoms with Crippen molar-refractivity contribution in [1.29, 1.82) is 0 Å². The standard InChI is InChI=1S/C27H32N2O3/c1-5-29-20(4)24(19(3)25(29)27(31)32-6-2)26(30)28-18-17-23(21-13-9-7-10-14-21)22-15-11-8-12-16-22/h7-16,23H,5-6,17-18H2,1-4H3,(H,28,30). The van der Waals surface area contributed by atoms with Crippen LogP contribution >= 0.6 is 0 Å². The van der Waals surface area contributed by atoms with Gasteiger partial charge in [-0.2, -0.15) is 0 Å². The fraction of sp³-hybridized carbons (Fsp3) is 0.333. The second kappa shape index (κ2) is 10.8. The van der Waals surface area contributed by atoms with Crippen LogP contribution in [0.15, 0.2) is 60.7 Å². The molecule has 1 N–H and O–H groups in total. The van der Waals surface area contributed by atoms with Gasteiger partial charge in [0.15, 0.2) is 0 Å². The van der Waals surface area contributed by atoms with Gasteiger partial charge in [0, 0.05) is 24.7 Å². The number of ether oxygens (including phenoxy) is 1. The van der Waals surface area contributed by atoms with Crippen LogP contribution in [0.1, 0.15) is 69.4 Å². The van der Waals surface area contributed by atoms with Gasteiger partial charge in [0.2, 0.25) is 0 Å². The van der Waals surface area contributed by atoms with Crippen LogP contribution in [0.3, 0.4) is 0 Å². The number of nitrogens with one attached hydrogen (secondary N) is 1. The van der Waals surface area contributed by atoms with E-state index in [2.05, 4.69) is 29.6 Å². The zero-order valence-electron chi connectivity index (χ0n) is 19.4. The van der Waals surface area contributed by atoms with Gasteiger partial charge < -0.3 is 14.6 Å². The maximum absolute atomic E-state index is 13.1. The highest BCUT2D eigenvalue weighted by atomic mass is 16.5. The Morgan fingerprint density at radius 1 is 0.938 bits per heavy atom. The second-order valence-corrected chi connectivity index (χ2v) is 7.82. The molecule has 0 aliphatic heterocycles. The largest absolute Gasteiger partial charge is 0.461 e. The van der Waals surface area contributed by atoms with Crippen molar-refractivity contribution in [3.8, 4) is 0 Å². The van der Waals surface area contributed by atoms with Crippen molar-refractivity contribution in [1.82, 2.24) is 9.88 Å². The molecule has 1 heterocycles. The molecule has 0 saturated carbocycles. The lowest BCUT2D eigenvalue weighted by molar-refractivity contribution is 0.0512. The summed E-state index contributed by atoms with van der Waals surface area (Å²) < 4.78 is 7.08. The zero-order valence-corrected chi connectivity index (χ0v) is 19.4. The number of carbonyl (C=O) groups excluding carboxylic acids is 2. The molecular weight excluding hydrogens is 400 g/mol. The number of rotatable bonds is 9. The summed E-state index contributed by atoms with van der Waals surface area (Å²) in [6, 6.07) is 20.7. The summed E-state index contributed by atoms with van der Waals surface area (Å²) in [5.74, 6) is -0.352. The van der Waals surface area contributed by atoms with Crippen LogP contribution in [0, 0.1) is 13.8 Å². The molecule has 3 rings (SSSR count). The van der Waals surface area contributed by atoms with E-state index in [0.717, 1.165) is 12.1 Å². The summed E-state index contributed by atoms with van der Waals surface area (Å²) in [6.45, 7) is 8.86. The van der Waals surface area contributed by atoms with Gasteiger partial charge in [0.05, 0.1) is 12.2 Å². The zero-order chi connectivity index (χ0) is 23.1. The number of carbonyl (C=O) groups is 2. The van der Waals surface area contributed by atoms with Crippen LogP contribution in [0.25, 0.3) is 0 Å². The normalized spacial score (nSPS) is 10.9. The number of amides is 1. The van der Waals surface area contributed by atoms with E-state index in [1.165, 1.54) is 11.1 Å². The lowest BCUT2D eigenvalue weighted by Crippen LogP contribution is -2.27. The van der Waals surface area contributed by atoms with Crippen molar-refractivity contribution in [3.63, 3.8) is 0 Å². The Morgan fingerprint density at radius 2 is 1.50 bits per heavy atom. The predicted molar refractivity (Wildman–Crippen MR) is 127 cm³/mol. The van der Waals surface area contributed by atoms with Crippen molar-refractivity contribution >= 4 is 11.9 Å². The first kappa shape index (κ1) is 23.3. The molecule has 168 valence electrons. The van der Waals surface area contributed by atoms with Crippen LogP contribution in [-0.4, -0.2) is 29.6 Å². The second-order valence-electron chi connectivity index (χ2n) is 7.82. The average Bonchev–Trinajstić information content (AvgIpc) is 3.07. The van der Waals surface area contributed by atoms with Gasteiger partial charge in [-0.25, -0.2) is 4.79 Å². The van der Waals surface area contributed by atoms with Crippen LogP contribution in [0.2, 0.25) is 0 Å². The molecule has 1 amide bonds. The molecule has 0 saturated heterocycles. The average molecular weight is 433 g/mol. The molecular formula is C27H32N2O3. The van der Waals surface area contributed by atoms with Crippen LogP contribution in [0.5, 0.6) is 0 Å². The van der Waals surface area contributed by atoms with Crippen molar-refractivity contribution < 1.29 is 14.3 Å². The van der Waals surface area contributed by atoms with E-state index in [1.807, 2.05) is 61.7 Å². The Morgan fingerprint density at radius 3 is 2.00 bits per heavy atom. The van der Waals surface area contributed by atoms with Crippen molar-refractivity contribution in [2.45, 2.75) is 46.6 Å². The molecule has 0 unspecified atom stereocenters. The summed E-state index contributed by atoms with van der Waals surface area (Å²) in [5, 5.41) is 3.08. The van der Waals surface area contributed by atoms with Crippen molar-refractivity contribution in [3.05, 3.63) is 94.3 Å². The summed E-state index contributed by atoms with van der Waals surface area (Å²) in [7, 11) is 0. The van der Waals surface area contributed by atoms with E-state index in [4.69, 9.17) is 4.74 Å². The van der Waals surface area contributed by atoms with E-state index in [0.29, 0.717) is 36.5 Å². The predicted octanol–water partition coefficient (Wildman–Crippen LogP) is 5.25. The van der Waals surface area contributed by atoms with Gasteiger partial charge in [0.25, 0.3) is 5.91 Å².